The van der Waals surface area contributed by atoms with E-state index in [1.54, 1.807) is 36.9 Å². The second-order valence-corrected chi connectivity index (χ2v) is 5.39. The number of nitrogens with one attached hydrogen (secondary N) is 1. The number of rotatable bonds is 5. The van der Waals surface area contributed by atoms with Crippen LogP contribution >= 0.6 is 23.4 Å². The lowest BCUT2D eigenvalue weighted by Crippen LogP contribution is -2.36. The van der Waals surface area contributed by atoms with Gasteiger partial charge in [0.2, 0.25) is 0 Å². The fraction of sp³-hybridized carbons (Fsp3) is 0.417. The first-order valence-electron chi connectivity index (χ1n) is 5.13. The summed E-state index contributed by atoms with van der Waals surface area (Å²) in [5, 5.41) is 22.6. The van der Waals surface area contributed by atoms with Gasteiger partial charge in [0.15, 0.2) is 0 Å². The molecule has 0 aromatic heterocycles. The highest BCUT2D eigenvalue weighted by Crippen LogP contribution is 2.21. The van der Waals surface area contributed by atoms with Crippen LogP contribution in [-0.2, 0) is 0 Å². The molecule has 0 saturated heterocycles. The van der Waals surface area contributed by atoms with Crippen LogP contribution < -0.4 is 5.32 Å². The van der Waals surface area contributed by atoms with E-state index in [9.17, 15) is 5.11 Å². The molecule has 3 nitrogen and oxygen atoms in total. The van der Waals surface area contributed by atoms with E-state index in [-0.39, 0.29) is 0 Å². The summed E-state index contributed by atoms with van der Waals surface area (Å²) in [6, 6.07) is 7.11. The van der Waals surface area contributed by atoms with E-state index in [0.717, 1.165) is 0 Å². The fourth-order valence-electron chi connectivity index (χ4n) is 1.41. The summed E-state index contributed by atoms with van der Waals surface area (Å²) in [7, 11) is 0. The van der Waals surface area contributed by atoms with Crippen molar-refractivity contribution in [1.82, 2.24) is 0 Å². The minimum absolute atomic E-state index is 0.378. The van der Waals surface area contributed by atoms with E-state index in [1.807, 2.05) is 6.26 Å². The van der Waals surface area contributed by atoms with Crippen molar-refractivity contribution >= 4 is 29.1 Å². The van der Waals surface area contributed by atoms with Gasteiger partial charge in [-0.25, -0.2) is 0 Å². The molecule has 1 aromatic rings. The van der Waals surface area contributed by atoms with Crippen LogP contribution in [0.15, 0.2) is 18.2 Å². The molecule has 0 saturated carbocycles. The molecule has 1 rings (SSSR count). The highest BCUT2D eigenvalue weighted by molar-refractivity contribution is 7.98. The molecular weight excluding hydrogens is 256 g/mol. The zero-order valence-electron chi connectivity index (χ0n) is 9.83. The Balaban J connectivity index is 2.75. The van der Waals surface area contributed by atoms with Gasteiger partial charge in [0.1, 0.15) is 6.07 Å². The van der Waals surface area contributed by atoms with Gasteiger partial charge in [-0.05, 0) is 31.4 Å². The molecule has 17 heavy (non-hydrogen) atoms. The Kier molecular flexibility index (Phi) is 5.13. The van der Waals surface area contributed by atoms with Gasteiger partial charge in [0.25, 0.3) is 0 Å². The first-order chi connectivity index (χ1) is 7.98. The molecule has 1 atom stereocenters. The van der Waals surface area contributed by atoms with Gasteiger partial charge >= 0.3 is 0 Å². The summed E-state index contributed by atoms with van der Waals surface area (Å²) in [5.41, 5.74) is 0.366. The summed E-state index contributed by atoms with van der Waals surface area (Å²) >= 11 is 7.44. The van der Waals surface area contributed by atoms with Crippen molar-refractivity contribution < 1.29 is 5.11 Å². The minimum Gasteiger partial charge on any atom is -0.387 e. The number of anilines is 1. The van der Waals surface area contributed by atoms with Gasteiger partial charge in [0.05, 0.1) is 16.9 Å². The molecule has 0 amide bonds. The molecule has 0 bridgehead atoms. The van der Waals surface area contributed by atoms with Crippen LogP contribution in [0.3, 0.4) is 0 Å². The van der Waals surface area contributed by atoms with Crippen LogP contribution in [0, 0.1) is 11.3 Å². The lowest BCUT2D eigenvalue weighted by molar-refractivity contribution is 0.0997. The molecule has 0 fully saturated rings. The number of aliphatic hydroxyl groups is 1. The predicted molar refractivity (Wildman–Crippen MR) is 73.7 cm³/mol. The molecule has 0 unspecified atom stereocenters. The molecule has 92 valence electrons. The lowest BCUT2D eigenvalue weighted by atomic mass is 10.1. The zero-order valence-corrected chi connectivity index (χ0v) is 11.4. The normalized spacial score (nSPS) is 13.8. The van der Waals surface area contributed by atoms with Crippen molar-refractivity contribution in [2.24, 2.45) is 0 Å². The summed E-state index contributed by atoms with van der Waals surface area (Å²) in [4.78, 5) is 0. The van der Waals surface area contributed by atoms with Gasteiger partial charge in [-0.15, -0.1) is 0 Å². The van der Waals surface area contributed by atoms with Crippen LogP contribution in [0.2, 0.25) is 5.02 Å². The number of nitriles is 1. The summed E-state index contributed by atoms with van der Waals surface area (Å²) < 4.78 is 0. The molecule has 0 heterocycles. The SMILES string of the molecule is CSC[C@@](C)(O)CNc1cc(Cl)ccc1C#N. The smallest absolute Gasteiger partial charge is 0.101 e. The van der Waals surface area contributed by atoms with E-state index >= 15 is 0 Å². The number of halogens is 1. The summed E-state index contributed by atoms with van der Waals surface area (Å²) in [6.07, 6.45) is 1.94. The molecule has 0 aliphatic carbocycles. The van der Waals surface area contributed by atoms with Crippen LogP contribution in [0.25, 0.3) is 0 Å². The number of hydrogen-bond donors (Lipinski definition) is 2. The van der Waals surface area contributed by atoms with Crippen LogP contribution in [0.1, 0.15) is 12.5 Å². The van der Waals surface area contributed by atoms with Crippen LogP contribution in [0.5, 0.6) is 0 Å². The van der Waals surface area contributed by atoms with Crippen molar-refractivity contribution in [3.8, 4) is 6.07 Å². The van der Waals surface area contributed by atoms with E-state index in [4.69, 9.17) is 16.9 Å². The molecule has 0 spiro atoms. The Morgan fingerprint density at radius 2 is 2.29 bits per heavy atom. The van der Waals surface area contributed by atoms with Crippen molar-refractivity contribution in [1.29, 1.82) is 5.26 Å². The third kappa shape index (κ3) is 4.47. The molecule has 0 aliphatic heterocycles. The fourth-order valence-corrected chi connectivity index (χ4v) is 2.30. The predicted octanol–water partition coefficient (Wildman–Crippen LogP) is 2.74. The van der Waals surface area contributed by atoms with Crippen molar-refractivity contribution in [3.63, 3.8) is 0 Å². The zero-order chi connectivity index (χ0) is 12.9. The molecule has 1 aromatic carbocycles. The first kappa shape index (κ1) is 14.2. The van der Waals surface area contributed by atoms with Gasteiger partial charge in [-0.3, -0.25) is 0 Å². The number of nitrogens with zero attached hydrogens (tertiary/aromatic N) is 1. The van der Waals surface area contributed by atoms with Crippen molar-refractivity contribution in [2.45, 2.75) is 12.5 Å². The Morgan fingerprint density at radius 1 is 1.59 bits per heavy atom. The Hall–Kier alpha value is -0.890. The Morgan fingerprint density at radius 3 is 2.88 bits per heavy atom. The van der Waals surface area contributed by atoms with Crippen LogP contribution in [0.4, 0.5) is 5.69 Å². The van der Waals surface area contributed by atoms with Crippen molar-refractivity contribution in [3.05, 3.63) is 28.8 Å². The molecular formula is C12H15ClN2OS. The van der Waals surface area contributed by atoms with Gasteiger partial charge < -0.3 is 10.4 Å². The third-order valence-corrected chi connectivity index (χ3v) is 3.36. The largest absolute Gasteiger partial charge is 0.387 e. The maximum Gasteiger partial charge on any atom is 0.101 e. The number of thioether (sulfide) groups is 1. The second-order valence-electron chi connectivity index (χ2n) is 4.09. The highest BCUT2D eigenvalue weighted by atomic mass is 35.5. The lowest BCUT2D eigenvalue weighted by Gasteiger charge is -2.23. The van der Waals surface area contributed by atoms with Gasteiger partial charge in [-0.2, -0.15) is 17.0 Å². The second kappa shape index (κ2) is 6.15. The third-order valence-electron chi connectivity index (χ3n) is 2.22. The summed E-state index contributed by atoms with van der Waals surface area (Å²) in [6.45, 7) is 2.13. The minimum atomic E-state index is -0.811. The standard InChI is InChI=1S/C12H15ClN2OS/c1-12(16,8-17-2)7-15-11-5-10(13)4-3-9(11)6-14/h3-5,15-16H,7-8H2,1-2H3/t12-/m0/s1. The molecule has 0 radical (unpaired) electrons. The monoisotopic (exact) mass is 270 g/mol. The van der Waals surface area contributed by atoms with E-state index in [0.29, 0.717) is 28.6 Å². The average molecular weight is 271 g/mol. The molecule has 5 heteroatoms. The quantitative estimate of drug-likeness (QED) is 0.864. The van der Waals surface area contributed by atoms with E-state index in [1.165, 1.54) is 0 Å². The van der Waals surface area contributed by atoms with Gasteiger partial charge in [0, 0.05) is 17.3 Å². The molecule has 2 N–H and O–H groups in total. The van der Waals surface area contributed by atoms with Gasteiger partial charge in [-0.1, -0.05) is 11.6 Å². The number of hydrogen-bond acceptors (Lipinski definition) is 4. The van der Waals surface area contributed by atoms with E-state index in [2.05, 4.69) is 11.4 Å². The Labute approximate surface area is 111 Å². The Bertz CT molecular complexity index is 429. The average Bonchev–Trinajstić information content (AvgIpc) is 2.27. The molecule has 0 aliphatic rings. The van der Waals surface area contributed by atoms with Crippen LogP contribution in [-0.4, -0.2) is 29.3 Å². The van der Waals surface area contributed by atoms with Crippen molar-refractivity contribution in [2.75, 3.05) is 23.9 Å². The first-order valence-corrected chi connectivity index (χ1v) is 6.90. The summed E-state index contributed by atoms with van der Waals surface area (Å²) in [5.74, 6) is 0.627. The number of benzene rings is 1. The maximum atomic E-state index is 10.0. The highest BCUT2D eigenvalue weighted by Gasteiger charge is 2.19. The maximum absolute atomic E-state index is 10.0. The van der Waals surface area contributed by atoms with E-state index < -0.39 is 5.60 Å². The topological polar surface area (TPSA) is 56.0 Å².